The van der Waals surface area contributed by atoms with Crippen molar-refractivity contribution in [3.63, 3.8) is 0 Å². The minimum Gasteiger partial charge on any atom is -0.488 e. The Kier molecular flexibility index (Phi) is 16.9. The number of imide groups is 2. The van der Waals surface area contributed by atoms with E-state index in [0.717, 1.165) is 51.1 Å². The van der Waals surface area contributed by atoms with Crippen molar-refractivity contribution in [2.24, 2.45) is 0 Å². The molecule has 8 rings (SSSR count). The lowest BCUT2D eigenvalue weighted by molar-refractivity contribution is -0.136. The Balaban J connectivity index is 0.815. The van der Waals surface area contributed by atoms with Crippen LogP contribution in [0.4, 0.5) is 5.69 Å². The van der Waals surface area contributed by atoms with Gasteiger partial charge in [0.15, 0.2) is 0 Å². The second kappa shape index (κ2) is 24.0. The van der Waals surface area contributed by atoms with E-state index >= 15 is 0 Å². The average molecular weight is 1010 g/mol. The Morgan fingerprint density at radius 1 is 0.767 bits per heavy atom. The van der Waals surface area contributed by atoms with Gasteiger partial charge in [-0.05, 0) is 104 Å². The van der Waals surface area contributed by atoms with Crippen molar-refractivity contribution >= 4 is 58.6 Å². The number of nitrogens with one attached hydrogen (secondary N) is 4. The minimum atomic E-state index is -1.14. The summed E-state index contributed by atoms with van der Waals surface area (Å²) in [5.41, 5.74) is 6.60. The third-order valence-corrected chi connectivity index (χ3v) is 13.6. The van der Waals surface area contributed by atoms with Gasteiger partial charge in [-0.2, -0.15) is 5.26 Å². The summed E-state index contributed by atoms with van der Waals surface area (Å²) in [6.07, 6.45) is 3.15. The molecule has 2 atom stereocenters. The number of fused-ring (bicyclic) bond motifs is 1. The largest absolute Gasteiger partial charge is 0.488 e. The van der Waals surface area contributed by atoms with Gasteiger partial charge in [0, 0.05) is 50.5 Å². The van der Waals surface area contributed by atoms with Crippen LogP contribution in [0, 0.1) is 18.3 Å². The lowest BCUT2D eigenvalue weighted by Gasteiger charge is -2.35. The van der Waals surface area contributed by atoms with Crippen molar-refractivity contribution in [1.82, 2.24) is 25.8 Å². The molecule has 376 valence electrons. The fourth-order valence-corrected chi connectivity index (χ4v) is 9.67. The molecule has 0 spiro atoms. The van der Waals surface area contributed by atoms with E-state index in [9.17, 15) is 38.8 Å². The summed E-state index contributed by atoms with van der Waals surface area (Å²) in [6.45, 7) is 4.24. The number of hydrogen-bond donors (Lipinski definition) is 4. The van der Waals surface area contributed by atoms with E-state index in [4.69, 9.17) is 21.1 Å². The van der Waals surface area contributed by atoms with Gasteiger partial charge >= 0.3 is 0 Å². The molecule has 5 aromatic rings. The summed E-state index contributed by atoms with van der Waals surface area (Å²) in [5, 5.41) is 20.6. The van der Waals surface area contributed by atoms with Crippen LogP contribution >= 0.6 is 11.6 Å². The molecule has 73 heavy (non-hydrogen) atoms. The molecule has 3 aliphatic rings. The molecule has 7 amide bonds. The number of piperidine rings is 2. The van der Waals surface area contributed by atoms with E-state index in [-0.39, 0.29) is 73.9 Å². The Bertz CT molecular complexity index is 2980. The van der Waals surface area contributed by atoms with Crippen molar-refractivity contribution in [3.05, 3.63) is 147 Å². The van der Waals surface area contributed by atoms with Gasteiger partial charge in [-0.1, -0.05) is 84.8 Å². The molecule has 2 unspecified atom stereocenters. The molecule has 3 heterocycles. The van der Waals surface area contributed by atoms with Crippen molar-refractivity contribution in [3.8, 4) is 28.7 Å². The highest BCUT2D eigenvalue weighted by molar-refractivity contribution is 6.32. The van der Waals surface area contributed by atoms with E-state index in [1.54, 1.807) is 18.2 Å². The second-order valence-corrected chi connectivity index (χ2v) is 18.7. The number of benzene rings is 5. The molecule has 0 aromatic heterocycles. The normalized spacial score (nSPS) is 16.5. The van der Waals surface area contributed by atoms with E-state index in [2.05, 4.69) is 57.4 Å². The molecule has 5 aromatic carbocycles. The maximum atomic E-state index is 13.7. The van der Waals surface area contributed by atoms with Gasteiger partial charge in [0.05, 0.1) is 39.5 Å². The van der Waals surface area contributed by atoms with Gasteiger partial charge in [0.2, 0.25) is 29.5 Å². The van der Waals surface area contributed by atoms with Crippen molar-refractivity contribution < 1.29 is 43.0 Å². The molecule has 0 aliphatic carbocycles. The summed E-state index contributed by atoms with van der Waals surface area (Å²) in [5.74, 6) is -2.48. The number of anilines is 1. The fourth-order valence-electron chi connectivity index (χ4n) is 9.43. The lowest BCUT2D eigenvalue weighted by Crippen LogP contribution is -2.54. The number of amides is 7. The third kappa shape index (κ3) is 12.6. The summed E-state index contributed by atoms with van der Waals surface area (Å²) in [7, 11) is 0. The van der Waals surface area contributed by atoms with Gasteiger partial charge in [-0.25, -0.2) is 0 Å². The van der Waals surface area contributed by atoms with E-state index in [1.165, 1.54) is 18.2 Å². The zero-order chi connectivity index (χ0) is 51.4. The minimum absolute atomic E-state index is 0.00724. The van der Waals surface area contributed by atoms with Crippen molar-refractivity contribution in [2.75, 3.05) is 25.0 Å². The number of ether oxygens (including phenoxy) is 2. The maximum absolute atomic E-state index is 13.7. The average Bonchev–Trinajstić information content (AvgIpc) is 3.65. The van der Waals surface area contributed by atoms with Gasteiger partial charge in [-0.3, -0.25) is 48.7 Å². The van der Waals surface area contributed by atoms with Crippen LogP contribution in [0.1, 0.15) is 106 Å². The van der Waals surface area contributed by atoms with Crippen LogP contribution in [0.3, 0.4) is 0 Å². The van der Waals surface area contributed by atoms with Crippen LogP contribution in [0.25, 0.3) is 11.1 Å². The van der Waals surface area contributed by atoms with E-state index < -0.39 is 41.6 Å². The predicted molar refractivity (Wildman–Crippen MR) is 272 cm³/mol. The number of nitriles is 1. The summed E-state index contributed by atoms with van der Waals surface area (Å²) < 4.78 is 12.8. The highest BCUT2D eigenvalue weighted by Gasteiger charge is 2.45. The Hall–Kier alpha value is -7.87. The lowest BCUT2D eigenvalue weighted by atomic mass is 9.97. The highest BCUT2D eigenvalue weighted by atomic mass is 35.5. The summed E-state index contributed by atoms with van der Waals surface area (Å²) in [4.78, 5) is 92.9. The zero-order valence-electron chi connectivity index (χ0n) is 40.5. The number of hydrogen-bond acceptors (Lipinski definition) is 11. The maximum Gasteiger partial charge on any atom is 0.264 e. The molecule has 0 bridgehead atoms. The number of nitrogens with zero attached hydrogens (tertiary/aromatic N) is 3. The molecule has 0 radical (unpaired) electrons. The third-order valence-electron chi connectivity index (χ3n) is 13.3. The molecule has 16 nitrogen and oxygen atoms in total. The van der Waals surface area contributed by atoms with Gasteiger partial charge in [0.25, 0.3) is 11.8 Å². The van der Waals surface area contributed by atoms with Crippen LogP contribution in [0.15, 0.2) is 103 Å². The highest BCUT2D eigenvalue weighted by Crippen LogP contribution is 2.37. The smallest absolute Gasteiger partial charge is 0.264 e. The predicted octanol–water partition coefficient (Wildman–Crippen LogP) is 7.53. The molecule has 2 fully saturated rings. The molecular formula is C56H56ClN7O9. The van der Waals surface area contributed by atoms with E-state index in [0.29, 0.717) is 61.1 Å². The van der Waals surface area contributed by atoms with Gasteiger partial charge in [-0.15, -0.1) is 0 Å². The quantitative estimate of drug-likeness (QED) is 0.0442. The summed E-state index contributed by atoms with van der Waals surface area (Å²) in [6, 6.07) is 32.3. The Labute approximate surface area is 428 Å². The molecule has 3 aliphatic heterocycles. The van der Waals surface area contributed by atoms with Gasteiger partial charge < -0.3 is 25.4 Å². The second-order valence-electron chi connectivity index (χ2n) is 18.3. The fraction of sp³-hybridized carbons (Fsp3) is 0.321. The van der Waals surface area contributed by atoms with Crippen molar-refractivity contribution in [2.45, 2.75) is 96.6 Å². The van der Waals surface area contributed by atoms with Crippen LogP contribution in [0.2, 0.25) is 5.02 Å². The van der Waals surface area contributed by atoms with E-state index in [1.807, 2.05) is 48.5 Å². The molecular weight excluding hydrogens is 950 g/mol. The SMILES string of the molecule is Cc1c(COc2cc(OCc3cccc(C#N)c3)c(CN3CCCCC3C(=O)NCCCNC(=O)CCCC(=O)Nc3cccc4c3C(=O)N(C3CCC(=O)NC3=O)C4=O)cc2Cl)cccc1-c1ccccc1. The topological polar surface area (TPSA) is 216 Å². The summed E-state index contributed by atoms with van der Waals surface area (Å²) >= 11 is 6.96. The van der Waals surface area contributed by atoms with Crippen LogP contribution in [-0.2, 0) is 43.7 Å². The molecule has 0 saturated carbocycles. The number of likely N-dealkylation sites (tertiary alicyclic amines) is 1. The van der Waals surface area contributed by atoms with Crippen LogP contribution in [-0.4, -0.2) is 82.9 Å². The number of rotatable bonds is 20. The Morgan fingerprint density at radius 2 is 1.52 bits per heavy atom. The first-order valence-corrected chi connectivity index (χ1v) is 24.9. The zero-order valence-corrected chi connectivity index (χ0v) is 41.2. The first kappa shape index (κ1) is 51.5. The first-order chi connectivity index (χ1) is 35.4. The van der Waals surface area contributed by atoms with Crippen LogP contribution in [0.5, 0.6) is 11.5 Å². The van der Waals surface area contributed by atoms with Crippen molar-refractivity contribution in [1.29, 1.82) is 5.26 Å². The molecule has 17 heteroatoms. The monoisotopic (exact) mass is 1010 g/mol. The number of halogens is 1. The first-order valence-electron chi connectivity index (χ1n) is 24.5. The number of carbonyl (C=O) groups excluding carboxylic acids is 7. The molecule has 4 N–H and O–H groups in total. The van der Waals surface area contributed by atoms with Gasteiger partial charge in [0.1, 0.15) is 30.8 Å². The Morgan fingerprint density at radius 3 is 2.33 bits per heavy atom. The van der Waals surface area contributed by atoms with Crippen LogP contribution < -0.4 is 30.7 Å². The standard InChI is InChI=1S/C56H56ClN7O9/c1-35-39(16-8-17-41(35)38-14-3-2-4-15-38)34-73-48-30-47(72-33-37-13-7-12-36(28-37)31-58)40(29-43(48)57)32-63-27-6-5-20-45(63)53(68)60-26-11-25-59-49(65)21-10-22-50(66)61-44-19-9-18-42-52(44)56(71)64(55(42)70)46-23-24-51(67)62-54(46)69/h2-4,7-9,12-19,28-30,45-46H,5-6,10-11,20-27,32-34H2,1H3,(H,59,65)(H,60,68)(H,61,66)(H,62,67,69). The molecule has 2 saturated heterocycles. The number of carbonyl (C=O) groups is 7.